The molecular weight excluding hydrogens is 332 g/mol. The number of hydrogen-bond donors (Lipinski definition) is 1. The van der Waals surface area contributed by atoms with Crippen LogP contribution >= 0.6 is 0 Å². The molecule has 3 rings (SSSR count). The monoisotopic (exact) mass is 345 g/mol. The van der Waals surface area contributed by atoms with Crippen LogP contribution in [0.25, 0.3) is 11.4 Å². The zero-order valence-corrected chi connectivity index (χ0v) is 12.8. The van der Waals surface area contributed by atoms with Crippen LogP contribution in [0.15, 0.2) is 54.9 Å². The van der Waals surface area contributed by atoms with Crippen molar-refractivity contribution in [2.45, 2.75) is 12.6 Å². The minimum Gasteiger partial charge on any atom is -0.386 e. The first kappa shape index (κ1) is 16.7. The van der Waals surface area contributed by atoms with E-state index in [0.29, 0.717) is 11.4 Å². The molecule has 1 N–H and O–H groups in total. The first-order valence-electron chi connectivity index (χ1n) is 7.34. The number of non-ortho nitro benzene ring substituents is 1. The van der Waals surface area contributed by atoms with Crippen molar-refractivity contribution in [1.29, 1.82) is 0 Å². The van der Waals surface area contributed by atoms with Gasteiger partial charge in [0.05, 0.1) is 17.6 Å². The fourth-order valence-electron chi connectivity index (χ4n) is 2.53. The number of halogens is 2. The third-order valence-corrected chi connectivity index (χ3v) is 3.72. The average molecular weight is 345 g/mol. The molecule has 0 unspecified atom stereocenters. The number of aliphatic hydroxyl groups is 1. The van der Waals surface area contributed by atoms with Crippen LogP contribution < -0.4 is 0 Å². The van der Waals surface area contributed by atoms with Crippen molar-refractivity contribution in [3.8, 4) is 11.4 Å². The van der Waals surface area contributed by atoms with Gasteiger partial charge in [-0.2, -0.15) is 0 Å². The fraction of sp³-hybridized carbons (Fsp3) is 0.118. The first-order chi connectivity index (χ1) is 12.0. The van der Waals surface area contributed by atoms with Gasteiger partial charge >= 0.3 is 0 Å². The Kier molecular flexibility index (Phi) is 4.53. The fourth-order valence-corrected chi connectivity index (χ4v) is 2.53. The predicted octanol–water partition coefficient (Wildman–Crippen LogP) is 3.47. The van der Waals surface area contributed by atoms with Gasteiger partial charge in [0.15, 0.2) is 0 Å². The van der Waals surface area contributed by atoms with Crippen molar-refractivity contribution in [1.82, 2.24) is 9.55 Å². The van der Waals surface area contributed by atoms with Crippen LogP contribution in [0.2, 0.25) is 0 Å². The number of rotatable bonds is 5. The lowest BCUT2D eigenvalue weighted by atomic mass is 10.1. The number of aromatic nitrogens is 2. The normalized spacial score (nSPS) is 12.1. The van der Waals surface area contributed by atoms with Crippen LogP contribution in [0.3, 0.4) is 0 Å². The summed E-state index contributed by atoms with van der Waals surface area (Å²) in [4.78, 5) is 14.5. The van der Waals surface area contributed by atoms with Crippen molar-refractivity contribution in [2.24, 2.45) is 0 Å². The highest BCUT2D eigenvalue weighted by Gasteiger charge is 2.17. The Bertz CT molecular complexity index is 927. The highest BCUT2D eigenvalue weighted by atomic mass is 19.1. The van der Waals surface area contributed by atoms with Crippen molar-refractivity contribution in [3.63, 3.8) is 0 Å². The molecule has 3 aromatic rings. The summed E-state index contributed by atoms with van der Waals surface area (Å²) in [6.45, 7) is -0.0849. The molecular formula is C17H13F2N3O3. The van der Waals surface area contributed by atoms with E-state index in [9.17, 15) is 24.0 Å². The molecule has 1 heterocycles. The molecule has 2 aromatic carbocycles. The van der Waals surface area contributed by atoms with E-state index in [4.69, 9.17) is 0 Å². The lowest BCUT2D eigenvalue weighted by Gasteiger charge is -2.15. The van der Waals surface area contributed by atoms with Crippen LogP contribution in [-0.2, 0) is 6.54 Å². The van der Waals surface area contributed by atoms with E-state index < -0.39 is 22.7 Å². The third kappa shape index (κ3) is 3.53. The molecule has 0 aliphatic rings. The van der Waals surface area contributed by atoms with E-state index in [1.165, 1.54) is 29.0 Å². The smallest absolute Gasteiger partial charge is 0.270 e. The molecule has 1 atom stereocenters. The maximum atomic E-state index is 13.8. The molecule has 0 aliphatic heterocycles. The van der Waals surface area contributed by atoms with Gasteiger partial charge in [-0.3, -0.25) is 10.1 Å². The Morgan fingerprint density at radius 1 is 1.24 bits per heavy atom. The van der Waals surface area contributed by atoms with E-state index in [1.54, 1.807) is 12.3 Å². The first-order valence-corrected chi connectivity index (χ1v) is 7.34. The number of hydrogen-bond acceptors (Lipinski definition) is 4. The molecule has 25 heavy (non-hydrogen) atoms. The molecule has 0 fully saturated rings. The highest BCUT2D eigenvalue weighted by Crippen LogP contribution is 2.25. The number of nitro benzene ring substituents is 1. The zero-order chi connectivity index (χ0) is 18.0. The van der Waals surface area contributed by atoms with Gasteiger partial charge in [0.25, 0.3) is 5.69 Å². The second-order valence-corrected chi connectivity index (χ2v) is 5.39. The Morgan fingerprint density at radius 2 is 2.04 bits per heavy atom. The van der Waals surface area contributed by atoms with Crippen LogP contribution in [0, 0.1) is 21.7 Å². The molecule has 1 aromatic heterocycles. The summed E-state index contributed by atoms with van der Waals surface area (Å²) in [7, 11) is 0. The maximum Gasteiger partial charge on any atom is 0.270 e. The van der Waals surface area contributed by atoms with Crippen molar-refractivity contribution < 1.29 is 18.8 Å². The van der Waals surface area contributed by atoms with Crippen LogP contribution in [0.4, 0.5) is 14.5 Å². The number of benzene rings is 2. The maximum absolute atomic E-state index is 13.8. The average Bonchev–Trinajstić information content (AvgIpc) is 3.05. The molecule has 0 saturated heterocycles. The van der Waals surface area contributed by atoms with Crippen LogP contribution in [-0.4, -0.2) is 19.6 Å². The number of imidazole rings is 1. The van der Waals surface area contributed by atoms with Gasteiger partial charge in [0, 0.05) is 35.7 Å². The quantitative estimate of drug-likeness (QED) is 0.567. The van der Waals surface area contributed by atoms with Gasteiger partial charge in [0.1, 0.15) is 17.5 Å². The summed E-state index contributed by atoms with van der Waals surface area (Å²) >= 11 is 0. The van der Waals surface area contributed by atoms with Gasteiger partial charge in [-0.25, -0.2) is 13.8 Å². The molecule has 6 nitrogen and oxygen atoms in total. The van der Waals surface area contributed by atoms with E-state index in [2.05, 4.69) is 4.98 Å². The lowest BCUT2D eigenvalue weighted by Crippen LogP contribution is -2.11. The summed E-state index contributed by atoms with van der Waals surface area (Å²) in [6.07, 6.45) is 1.71. The second-order valence-electron chi connectivity index (χ2n) is 5.39. The van der Waals surface area contributed by atoms with E-state index in [0.717, 1.165) is 18.2 Å². The Morgan fingerprint density at radius 3 is 2.80 bits per heavy atom. The number of nitrogens with zero attached hydrogens (tertiary/aromatic N) is 3. The lowest BCUT2D eigenvalue weighted by molar-refractivity contribution is -0.384. The highest BCUT2D eigenvalue weighted by molar-refractivity contribution is 5.59. The predicted molar refractivity (Wildman–Crippen MR) is 85.6 cm³/mol. The van der Waals surface area contributed by atoms with Crippen LogP contribution in [0.1, 0.15) is 11.7 Å². The molecule has 128 valence electrons. The molecule has 0 bridgehead atoms. The summed E-state index contributed by atoms with van der Waals surface area (Å²) in [6, 6.07) is 8.72. The standard InChI is InChI=1S/C17H13F2N3O3/c18-12-4-5-15(19)14(9-12)16(23)10-21-7-6-20-17(21)11-2-1-3-13(8-11)22(24)25/h1-9,16,23H,10H2/t16-/m1/s1. The summed E-state index contributed by atoms with van der Waals surface area (Å²) in [5.74, 6) is -0.995. The SMILES string of the molecule is O=[N+]([O-])c1cccc(-c2nccn2C[C@@H](O)c2cc(F)ccc2F)c1. The summed E-state index contributed by atoms with van der Waals surface area (Å²) < 4.78 is 28.6. The van der Waals surface area contributed by atoms with Gasteiger partial charge < -0.3 is 9.67 Å². The Hall–Kier alpha value is -3.13. The van der Waals surface area contributed by atoms with Gasteiger partial charge in [-0.05, 0) is 18.2 Å². The van der Waals surface area contributed by atoms with E-state index in [1.807, 2.05) is 0 Å². The van der Waals surface area contributed by atoms with Gasteiger partial charge in [-0.1, -0.05) is 12.1 Å². The minimum atomic E-state index is -1.30. The Labute approximate surface area is 141 Å². The van der Waals surface area contributed by atoms with Crippen molar-refractivity contribution >= 4 is 5.69 Å². The summed E-state index contributed by atoms with van der Waals surface area (Å²) in [5, 5.41) is 21.1. The molecule has 0 saturated carbocycles. The summed E-state index contributed by atoms with van der Waals surface area (Å²) in [5.41, 5.74) is 0.216. The second kappa shape index (κ2) is 6.78. The van der Waals surface area contributed by atoms with E-state index in [-0.39, 0.29) is 17.8 Å². The van der Waals surface area contributed by atoms with Crippen molar-refractivity contribution in [3.05, 3.63) is 82.2 Å². The largest absolute Gasteiger partial charge is 0.386 e. The molecule has 0 radical (unpaired) electrons. The third-order valence-electron chi connectivity index (χ3n) is 3.72. The van der Waals surface area contributed by atoms with Gasteiger partial charge in [0.2, 0.25) is 0 Å². The Balaban J connectivity index is 1.91. The number of aliphatic hydroxyl groups excluding tert-OH is 1. The molecule has 8 heteroatoms. The molecule has 0 spiro atoms. The number of nitro groups is 1. The van der Waals surface area contributed by atoms with Crippen molar-refractivity contribution in [2.75, 3.05) is 0 Å². The zero-order valence-electron chi connectivity index (χ0n) is 12.8. The molecule has 0 amide bonds. The topological polar surface area (TPSA) is 81.2 Å². The minimum absolute atomic E-state index is 0.0849. The van der Waals surface area contributed by atoms with E-state index >= 15 is 0 Å². The van der Waals surface area contributed by atoms with Crippen LogP contribution in [0.5, 0.6) is 0 Å². The molecule has 0 aliphatic carbocycles. The van der Waals surface area contributed by atoms with Gasteiger partial charge in [-0.15, -0.1) is 0 Å².